The van der Waals surface area contributed by atoms with E-state index in [0.29, 0.717) is 18.1 Å². The summed E-state index contributed by atoms with van der Waals surface area (Å²) >= 11 is 0. The van der Waals surface area contributed by atoms with Gasteiger partial charge in [-0.25, -0.2) is 9.78 Å². The third-order valence-corrected chi connectivity index (χ3v) is 1.63. The van der Waals surface area contributed by atoms with Crippen LogP contribution in [0.3, 0.4) is 0 Å². The Hall–Kier alpha value is -1.55. The molecule has 1 aromatic rings. The molecule has 1 aromatic heterocycles. The molecule has 0 saturated heterocycles. The van der Waals surface area contributed by atoms with E-state index in [1.165, 1.54) is 12.1 Å². The summed E-state index contributed by atoms with van der Waals surface area (Å²) in [6.45, 7) is 5.87. The Bertz CT molecular complexity index is 366. The maximum atomic E-state index is 10.7. The molecule has 0 radical (unpaired) electrons. The summed E-state index contributed by atoms with van der Waals surface area (Å²) in [6, 6.07) is 3.03. The van der Waals surface area contributed by atoms with Crippen LogP contribution in [-0.4, -0.2) is 22.6 Å². The van der Waals surface area contributed by atoms with Gasteiger partial charge in [-0.05, 0) is 19.1 Å². The fraction of sp³-hybridized carbons (Fsp3) is 0.200. The highest BCUT2D eigenvalue weighted by Gasteiger charge is 2.05. The number of carboxylic acids is 1. The Morgan fingerprint density at radius 1 is 1.67 bits per heavy atom. The van der Waals surface area contributed by atoms with Crippen molar-refractivity contribution in [2.75, 3.05) is 11.9 Å². The first-order valence-electron chi connectivity index (χ1n) is 4.20. The van der Waals surface area contributed by atoms with Gasteiger partial charge in [0, 0.05) is 12.2 Å². The molecular weight excluding hydrogens is 216 g/mol. The van der Waals surface area contributed by atoms with Gasteiger partial charge in [0.05, 0.1) is 5.56 Å². The van der Waals surface area contributed by atoms with Crippen molar-refractivity contribution in [2.24, 2.45) is 0 Å². The number of nitrogens with zero attached hydrogens (tertiary/aromatic N) is 1. The van der Waals surface area contributed by atoms with Crippen molar-refractivity contribution in [3.8, 4) is 0 Å². The molecule has 1 heterocycles. The highest BCUT2D eigenvalue weighted by Crippen LogP contribution is 2.09. The van der Waals surface area contributed by atoms with Gasteiger partial charge < -0.3 is 10.4 Å². The quantitative estimate of drug-likeness (QED) is 0.775. The standard InChI is InChI=1S/C10H12N2O2.ClH/c1-3-4-11-9-6-8(10(13)14)5-7(2)12-9;/h3,5-6H,1,4H2,2H3,(H,11,12)(H,13,14);1H. The van der Waals surface area contributed by atoms with Gasteiger partial charge in [0.15, 0.2) is 0 Å². The molecule has 0 spiro atoms. The highest BCUT2D eigenvalue weighted by molar-refractivity contribution is 5.88. The predicted molar refractivity (Wildman–Crippen MR) is 61.9 cm³/mol. The smallest absolute Gasteiger partial charge is 0.335 e. The molecule has 15 heavy (non-hydrogen) atoms. The monoisotopic (exact) mass is 228 g/mol. The van der Waals surface area contributed by atoms with E-state index < -0.39 is 5.97 Å². The number of aryl methyl sites for hydroxylation is 1. The molecule has 0 aliphatic rings. The zero-order valence-corrected chi connectivity index (χ0v) is 9.17. The number of hydrogen-bond acceptors (Lipinski definition) is 3. The number of halogens is 1. The van der Waals surface area contributed by atoms with E-state index in [2.05, 4.69) is 16.9 Å². The van der Waals surface area contributed by atoms with Crippen molar-refractivity contribution in [3.05, 3.63) is 36.0 Å². The third kappa shape index (κ3) is 3.99. The maximum Gasteiger partial charge on any atom is 0.335 e. The molecule has 1 rings (SSSR count). The van der Waals surface area contributed by atoms with Crippen LogP contribution in [0.4, 0.5) is 5.82 Å². The van der Waals surface area contributed by atoms with Crippen LogP contribution in [0.2, 0.25) is 0 Å². The summed E-state index contributed by atoms with van der Waals surface area (Å²) < 4.78 is 0. The minimum atomic E-state index is -0.947. The zero-order valence-electron chi connectivity index (χ0n) is 8.36. The first-order valence-corrected chi connectivity index (χ1v) is 4.20. The number of anilines is 1. The molecule has 0 saturated carbocycles. The zero-order chi connectivity index (χ0) is 10.6. The predicted octanol–water partition coefficient (Wildman–Crippen LogP) is 2.11. The van der Waals surface area contributed by atoms with Crippen molar-refractivity contribution < 1.29 is 9.90 Å². The van der Waals surface area contributed by atoms with E-state index in [4.69, 9.17) is 5.11 Å². The molecule has 0 aliphatic heterocycles. The topological polar surface area (TPSA) is 62.2 Å². The van der Waals surface area contributed by atoms with Crippen molar-refractivity contribution in [1.82, 2.24) is 4.98 Å². The van der Waals surface area contributed by atoms with E-state index in [0.717, 1.165) is 0 Å². The fourth-order valence-electron chi connectivity index (χ4n) is 1.06. The molecule has 2 N–H and O–H groups in total. The Balaban J connectivity index is 0.00000196. The lowest BCUT2D eigenvalue weighted by Crippen LogP contribution is -2.04. The van der Waals surface area contributed by atoms with E-state index in [1.807, 2.05) is 0 Å². The summed E-state index contributed by atoms with van der Waals surface area (Å²) in [6.07, 6.45) is 1.68. The minimum absolute atomic E-state index is 0. The van der Waals surface area contributed by atoms with Crippen molar-refractivity contribution in [3.63, 3.8) is 0 Å². The normalized spacial score (nSPS) is 8.87. The van der Waals surface area contributed by atoms with Crippen LogP contribution in [0, 0.1) is 6.92 Å². The van der Waals surface area contributed by atoms with Crippen LogP contribution in [0.15, 0.2) is 24.8 Å². The van der Waals surface area contributed by atoms with Gasteiger partial charge in [-0.1, -0.05) is 6.08 Å². The Labute approximate surface area is 94.4 Å². The van der Waals surface area contributed by atoms with Crippen LogP contribution in [0.5, 0.6) is 0 Å². The average Bonchev–Trinajstić information content (AvgIpc) is 2.14. The molecule has 82 valence electrons. The number of rotatable bonds is 4. The molecular formula is C10H13ClN2O2. The first-order chi connectivity index (χ1) is 6.63. The summed E-state index contributed by atoms with van der Waals surface area (Å²) in [5.74, 6) is -0.389. The van der Waals surface area contributed by atoms with Crippen LogP contribution < -0.4 is 5.32 Å². The molecule has 4 nitrogen and oxygen atoms in total. The van der Waals surface area contributed by atoms with Crippen molar-refractivity contribution >= 4 is 24.2 Å². The number of pyridine rings is 1. The SMILES string of the molecule is C=CCNc1cc(C(=O)O)cc(C)n1.Cl. The van der Waals surface area contributed by atoms with Crippen LogP contribution in [0.1, 0.15) is 16.1 Å². The van der Waals surface area contributed by atoms with Crippen molar-refractivity contribution in [1.29, 1.82) is 0 Å². The second kappa shape index (κ2) is 6.03. The lowest BCUT2D eigenvalue weighted by molar-refractivity contribution is 0.0696. The summed E-state index contributed by atoms with van der Waals surface area (Å²) in [4.78, 5) is 14.8. The lowest BCUT2D eigenvalue weighted by atomic mass is 10.2. The Morgan fingerprint density at radius 2 is 2.33 bits per heavy atom. The van der Waals surface area contributed by atoms with Gasteiger partial charge in [-0.3, -0.25) is 0 Å². The van der Waals surface area contributed by atoms with Crippen LogP contribution >= 0.6 is 12.4 Å². The molecule has 0 bridgehead atoms. The number of aromatic nitrogens is 1. The van der Waals surface area contributed by atoms with Gasteiger partial charge in [0.25, 0.3) is 0 Å². The molecule has 0 atom stereocenters. The van der Waals surface area contributed by atoms with E-state index in [9.17, 15) is 4.79 Å². The number of aromatic carboxylic acids is 1. The molecule has 0 unspecified atom stereocenters. The van der Waals surface area contributed by atoms with Crippen molar-refractivity contribution in [2.45, 2.75) is 6.92 Å². The third-order valence-electron chi connectivity index (χ3n) is 1.63. The summed E-state index contributed by atoms with van der Waals surface area (Å²) in [7, 11) is 0. The molecule has 0 aliphatic carbocycles. The Kier molecular flexibility index (Phi) is 5.41. The Morgan fingerprint density at radius 3 is 2.87 bits per heavy atom. The minimum Gasteiger partial charge on any atom is -0.478 e. The number of carboxylic acid groups (broad SMARTS) is 1. The highest BCUT2D eigenvalue weighted by atomic mass is 35.5. The van der Waals surface area contributed by atoms with E-state index in [-0.39, 0.29) is 18.0 Å². The van der Waals surface area contributed by atoms with E-state index in [1.54, 1.807) is 13.0 Å². The lowest BCUT2D eigenvalue weighted by Gasteiger charge is -2.04. The van der Waals surface area contributed by atoms with Crippen LogP contribution in [-0.2, 0) is 0 Å². The van der Waals surface area contributed by atoms with Gasteiger partial charge in [-0.15, -0.1) is 19.0 Å². The van der Waals surface area contributed by atoms with E-state index >= 15 is 0 Å². The number of hydrogen-bond donors (Lipinski definition) is 2. The second-order valence-electron chi connectivity index (χ2n) is 2.86. The number of nitrogens with one attached hydrogen (secondary N) is 1. The number of carbonyl (C=O) groups is 1. The van der Waals surface area contributed by atoms with Gasteiger partial charge >= 0.3 is 5.97 Å². The average molecular weight is 229 g/mol. The molecule has 0 aromatic carbocycles. The van der Waals surface area contributed by atoms with Gasteiger partial charge in [0.1, 0.15) is 5.82 Å². The summed E-state index contributed by atoms with van der Waals surface area (Å²) in [5.41, 5.74) is 0.917. The summed E-state index contributed by atoms with van der Waals surface area (Å²) in [5, 5.41) is 11.7. The van der Waals surface area contributed by atoms with Crippen LogP contribution in [0.25, 0.3) is 0 Å². The molecule has 5 heteroatoms. The maximum absolute atomic E-state index is 10.7. The molecule has 0 fully saturated rings. The second-order valence-corrected chi connectivity index (χ2v) is 2.86. The van der Waals surface area contributed by atoms with Gasteiger partial charge in [0.2, 0.25) is 0 Å². The first kappa shape index (κ1) is 13.4. The van der Waals surface area contributed by atoms with Gasteiger partial charge in [-0.2, -0.15) is 0 Å². The largest absolute Gasteiger partial charge is 0.478 e. The fourth-order valence-corrected chi connectivity index (χ4v) is 1.06. The molecule has 0 amide bonds.